The van der Waals surface area contributed by atoms with Crippen molar-refractivity contribution in [2.24, 2.45) is 0 Å². The molecule has 0 aliphatic heterocycles. The van der Waals surface area contributed by atoms with Crippen LogP contribution < -0.4 is 4.90 Å². The molecule has 0 heterocycles. The van der Waals surface area contributed by atoms with Crippen LogP contribution in [-0.4, -0.2) is 0 Å². The lowest BCUT2D eigenvalue weighted by Gasteiger charge is -2.29. The van der Waals surface area contributed by atoms with Crippen LogP contribution in [0.15, 0.2) is 237 Å². The van der Waals surface area contributed by atoms with Crippen LogP contribution in [0.1, 0.15) is 0 Å². The minimum Gasteiger partial charge on any atom is -0.310 e. The van der Waals surface area contributed by atoms with Crippen molar-refractivity contribution < 1.29 is 0 Å². The molecular weight excluding hydrogens is 663 g/mol. The first-order valence-corrected chi connectivity index (χ1v) is 18.8. The zero-order valence-corrected chi connectivity index (χ0v) is 30.5. The molecule has 0 aromatic heterocycles. The van der Waals surface area contributed by atoms with Gasteiger partial charge in [0.15, 0.2) is 0 Å². The number of hydrogen-bond acceptors (Lipinski definition) is 1. The Balaban J connectivity index is 1.17. The van der Waals surface area contributed by atoms with Crippen LogP contribution in [0.5, 0.6) is 0 Å². The van der Waals surface area contributed by atoms with E-state index in [0.29, 0.717) is 0 Å². The van der Waals surface area contributed by atoms with Crippen LogP contribution >= 0.6 is 0 Å². The van der Waals surface area contributed by atoms with Gasteiger partial charge in [-0.25, -0.2) is 0 Å². The van der Waals surface area contributed by atoms with Crippen LogP contribution in [-0.2, 0) is 0 Å². The Labute approximate surface area is 324 Å². The standard InChI is InChI=1S/C54H39N/c1-4-17-40(18-5-1)42-31-33-43(34-32-42)44-35-37-47(38-36-44)55(48-24-16-23-46(39-48)41-19-6-2-7-20-41)54-30-15-14-29-53(54)52-28-13-12-27-51(52)50-26-11-10-25-49(50)45-21-8-3-9-22-45/h1-39H. The van der Waals surface area contributed by atoms with Gasteiger partial charge in [-0.3, -0.25) is 0 Å². The fourth-order valence-electron chi connectivity index (χ4n) is 7.61. The molecule has 9 aromatic carbocycles. The summed E-state index contributed by atoms with van der Waals surface area (Å²) in [5.41, 5.74) is 17.6. The maximum Gasteiger partial charge on any atom is 0.0540 e. The molecule has 0 unspecified atom stereocenters. The Kier molecular flexibility index (Phi) is 9.41. The summed E-state index contributed by atoms with van der Waals surface area (Å²) in [5.74, 6) is 0. The first-order chi connectivity index (χ1) is 27.3. The van der Waals surface area contributed by atoms with Crippen LogP contribution in [0.2, 0.25) is 0 Å². The molecule has 0 radical (unpaired) electrons. The summed E-state index contributed by atoms with van der Waals surface area (Å²) < 4.78 is 0. The zero-order valence-electron chi connectivity index (χ0n) is 30.5. The summed E-state index contributed by atoms with van der Waals surface area (Å²) in [4.78, 5) is 2.41. The zero-order chi connectivity index (χ0) is 36.8. The summed E-state index contributed by atoms with van der Waals surface area (Å²) in [6.45, 7) is 0. The first kappa shape index (κ1) is 33.6. The largest absolute Gasteiger partial charge is 0.310 e. The summed E-state index contributed by atoms with van der Waals surface area (Å²) >= 11 is 0. The number of hydrogen-bond donors (Lipinski definition) is 0. The smallest absolute Gasteiger partial charge is 0.0540 e. The molecule has 1 nitrogen and oxygen atoms in total. The molecular formula is C54H39N. The van der Waals surface area contributed by atoms with Crippen LogP contribution in [0.25, 0.3) is 66.8 Å². The molecule has 0 saturated heterocycles. The lowest BCUT2D eigenvalue weighted by Crippen LogP contribution is -2.11. The number of nitrogens with zero attached hydrogens (tertiary/aromatic N) is 1. The normalized spacial score (nSPS) is 10.9. The summed E-state index contributed by atoms with van der Waals surface area (Å²) in [6.07, 6.45) is 0. The predicted octanol–water partition coefficient (Wildman–Crippen LogP) is 15.2. The van der Waals surface area contributed by atoms with E-state index in [9.17, 15) is 0 Å². The monoisotopic (exact) mass is 701 g/mol. The quantitative estimate of drug-likeness (QED) is 0.145. The van der Waals surface area contributed by atoms with Gasteiger partial charge in [0.25, 0.3) is 0 Å². The van der Waals surface area contributed by atoms with Crippen LogP contribution in [0.4, 0.5) is 17.1 Å². The fraction of sp³-hybridized carbons (Fsp3) is 0. The average molecular weight is 702 g/mol. The Hall–Kier alpha value is -7.22. The van der Waals surface area contributed by atoms with Gasteiger partial charge >= 0.3 is 0 Å². The topological polar surface area (TPSA) is 3.24 Å². The first-order valence-electron chi connectivity index (χ1n) is 18.8. The van der Waals surface area contributed by atoms with Gasteiger partial charge in [-0.15, -0.1) is 0 Å². The van der Waals surface area contributed by atoms with Crippen molar-refractivity contribution in [1.29, 1.82) is 0 Å². The summed E-state index contributed by atoms with van der Waals surface area (Å²) in [5, 5.41) is 0. The molecule has 260 valence electrons. The summed E-state index contributed by atoms with van der Waals surface area (Å²) in [7, 11) is 0. The molecule has 0 saturated carbocycles. The van der Waals surface area contributed by atoms with E-state index in [2.05, 4.69) is 241 Å². The number of benzene rings is 9. The van der Waals surface area contributed by atoms with Crippen molar-refractivity contribution in [3.63, 3.8) is 0 Å². The number of para-hydroxylation sites is 1. The minimum atomic E-state index is 1.09. The van der Waals surface area contributed by atoms with Gasteiger partial charge < -0.3 is 4.90 Å². The Bertz CT molecular complexity index is 2660. The molecule has 1 heteroatoms. The number of rotatable bonds is 9. The highest BCUT2D eigenvalue weighted by Crippen LogP contribution is 2.46. The Morgan fingerprint density at radius 1 is 0.200 bits per heavy atom. The summed E-state index contributed by atoms with van der Waals surface area (Å²) in [6, 6.07) is 85.0. The second-order valence-corrected chi connectivity index (χ2v) is 13.7. The Morgan fingerprint density at radius 2 is 0.564 bits per heavy atom. The molecule has 0 amide bonds. The van der Waals surface area contributed by atoms with Gasteiger partial charge in [-0.2, -0.15) is 0 Å². The third-order valence-corrected chi connectivity index (χ3v) is 10.3. The minimum absolute atomic E-state index is 1.09. The van der Waals surface area contributed by atoms with E-state index in [1.54, 1.807) is 0 Å². The molecule has 0 aliphatic rings. The molecule has 0 bridgehead atoms. The molecule has 0 aliphatic carbocycles. The van der Waals surface area contributed by atoms with Gasteiger partial charge in [0.05, 0.1) is 5.69 Å². The van der Waals surface area contributed by atoms with Crippen LogP contribution in [0, 0.1) is 0 Å². The molecule has 0 N–H and O–H groups in total. The van der Waals surface area contributed by atoms with Gasteiger partial charge in [0.2, 0.25) is 0 Å². The van der Waals surface area contributed by atoms with E-state index in [1.807, 2.05) is 0 Å². The molecule has 9 aromatic rings. The van der Waals surface area contributed by atoms with Crippen molar-refractivity contribution in [3.05, 3.63) is 237 Å². The van der Waals surface area contributed by atoms with E-state index >= 15 is 0 Å². The van der Waals surface area contributed by atoms with Gasteiger partial charge in [-0.05, 0) is 91.5 Å². The maximum absolute atomic E-state index is 2.41. The van der Waals surface area contributed by atoms with E-state index < -0.39 is 0 Å². The number of anilines is 3. The predicted molar refractivity (Wildman–Crippen MR) is 234 cm³/mol. The van der Waals surface area contributed by atoms with Gasteiger partial charge in [0, 0.05) is 16.9 Å². The van der Waals surface area contributed by atoms with Crippen LogP contribution in [0.3, 0.4) is 0 Å². The second kappa shape index (κ2) is 15.4. The van der Waals surface area contributed by atoms with Crippen molar-refractivity contribution in [2.45, 2.75) is 0 Å². The highest BCUT2D eigenvalue weighted by molar-refractivity contribution is 5.97. The van der Waals surface area contributed by atoms with Crippen molar-refractivity contribution in [1.82, 2.24) is 0 Å². The third kappa shape index (κ3) is 7.00. The molecule has 55 heavy (non-hydrogen) atoms. The van der Waals surface area contributed by atoms with Gasteiger partial charge in [0.1, 0.15) is 0 Å². The third-order valence-electron chi connectivity index (χ3n) is 10.3. The van der Waals surface area contributed by atoms with E-state index in [-0.39, 0.29) is 0 Å². The fourth-order valence-corrected chi connectivity index (χ4v) is 7.61. The van der Waals surface area contributed by atoms with E-state index in [0.717, 1.165) is 22.6 Å². The molecule has 9 rings (SSSR count). The molecule has 0 fully saturated rings. The average Bonchev–Trinajstić information content (AvgIpc) is 3.28. The molecule has 0 atom stereocenters. The van der Waals surface area contributed by atoms with Crippen molar-refractivity contribution in [3.8, 4) is 66.8 Å². The lowest BCUT2D eigenvalue weighted by atomic mass is 9.88. The Morgan fingerprint density at radius 3 is 1.13 bits per heavy atom. The van der Waals surface area contributed by atoms with Crippen molar-refractivity contribution >= 4 is 17.1 Å². The second-order valence-electron chi connectivity index (χ2n) is 13.7. The van der Waals surface area contributed by atoms with E-state index in [4.69, 9.17) is 0 Å². The highest BCUT2D eigenvalue weighted by Gasteiger charge is 2.20. The maximum atomic E-state index is 2.41. The van der Waals surface area contributed by atoms with Crippen molar-refractivity contribution in [2.75, 3.05) is 4.90 Å². The van der Waals surface area contributed by atoms with E-state index in [1.165, 1.54) is 61.2 Å². The lowest BCUT2D eigenvalue weighted by molar-refractivity contribution is 1.28. The molecule has 0 spiro atoms. The van der Waals surface area contributed by atoms with Gasteiger partial charge in [-0.1, -0.05) is 206 Å². The highest BCUT2D eigenvalue weighted by atomic mass is 15.1. The SMILES string of the molecule is c1ccc(-c2ccc(-c3ccc(N(c4cccc(-c5ccccc5)c4)c4ccccc4-c4ccccc4-c4ccccc4-c4ccccc4)cc3)cc2)cc1.